The van der Waals surface area contributed by atoms with Gasteiger partial charge in [-0.2, -0.15) is 0 Å². The van der Waals surface area contributed by atoms with Crippen molar-refractivity contribution < 1.29 is 19.1 Å². The number of nitrogens with zero attached hydrogens (tertiary/aromatic N) is 1. The fraction of sp³-hybridized carbons (Fsp3) is 0.182. The molecule has 3 N–H and O–H groups in total. The third-order valence-corrected chi connectivity index (χ3v) is 5.85. The summed E-state index contributed by atoms with van der Waals surface area (Å²) in [5.74, 6) is 0.862. The molecule has 1 aromatic heterocycles. The zero-order chi connectivity index (χ0) is 22.9. The van der Waals surface area contributed by atoms with Gasteiger partial charge in [-0.25, -0.2) is 4.98 Å². The summed E-state index contributed by atoms with van der Waals surface area (Å²) in [6, 6.07) is 13.8. The molecule has 0 bridgehead atoms. The summed E-state index contributed by atoms with van der Waals surface area (Å²) in [6.45, 7) is 1.44. The molecule has 10 heteroatoms. The fourth-order valence-corrected chi connectivity index (χ4v) is 4.18. The Bertz CT molecular complexity index is 1100. The third-order valence-electron chi connectivity index (χ3n) is 4.08. The van der Waals surface area contributed by atoms with Gasteiger partial charge < -0.3 is 15.4 Å². The number of carbonyl (C=O) groups excluding carboxylic acids is 3. The number of thioether (sulfide) groups is 1. The number of aromatic nitrogens is 1. The Labute approximate surface area is 193 Å². The van der Waals surface area contributed by atoms with E-state index < -0.39 is 0 Å². The van der Waals surface area contributed by atoms with Crippen LogP contribution in [0.5, 0.6) is 5.75 Å². The first kappa shape index (κ1) is 23.3. The first-order chi connectivity index (χ1) is 15.4. The molecule has 0 saturated heterocycles. The minimum Gasteiger partial charge on any atom is -0.497 e. The molecule has 8 nitrogen and oxygen atoms in total. The molecule has 0 unspecified atom stereocenters. The number of ether oxygens (including phenoxy) is 1. The smallest absolute Gasteiger partial charge is 0.257 e. The van der Waals surface area contributed by atoms with Crippen molar-refractivity contribution in [3.63, 3.8) is 0 Å². The summed E-state index contributed by atoms with van der Waals surface area (Å²) in [6.07, 6.45) is 0. The van der Waals surface area contributed by atoms with E-state index >= 15 is 0 Å². The molecule has 0 aliphatic heterocycles. The van der Waals surface area contributed by atoms with Crippen LogP contribution in [-0.4, -0.2) is 35.6 Å². The second-order valence-corrected chi connectivity index (χ2v) is 8.47. The highest BCUT2D eigenvalue weighted by molar-refractivity contribution is 7.99. The number of hydrogen-bond acceptors (Lipinski definition) is 7. The highest BCUT2D eigenvalue weighted by Gasteiger charge is 2.11. The predicted molar refractivity (Wildman–Crippen MR) is 129 cm³/mol. The molecular weight excluding hydrogens is 448 g/mol. The van der Waals surface area contributed by atoms with Gasteiger partial charge in [0.1, 0.15) is 5.75 Å². The van der Waals surface area contributed by atoms with E-state index in [1.165, 1.54) is 30.0 Å². The zero-order valence-electron chi connectivity index (χ0n) is 17.5. The van der Waals surface area contributed by atoms with Gasteiger partial charge in [0.15, 0.2) is 5.13 Å². The van der Waals surface area contributed by atoms with Gasteiger partial charge in [-0.1, -0.05) is 6.07 Å². The van der Waals surface area contributed by atoms with Crippen LogP contribution in [0.3, 0.4) is 0 Å². The maximum Gasteiger partial charge on any atom is 0.257 e. The molecule has 32 heavy (non-hydrogen) atoms. The first-order valence-electron chi connectivity index (χ1n) is 9.58. The molecule has 3 amide bonds. The highest BCUT2D eigenvalue weighted by atomic mass is 32.2. The van der Waals surface area contributed by atoms with Crippen molar-refractivity contribution in [2.75, 3.05) is 28.8 Å². The van der Waals surface area contributed by atoms with Crippen molar-refractivity contribution in [2.45, 2.75) is 12.7 Å². The largest absolute Gasteiger partial charge is 0.497 e. The van der Waals surface area contributed by atoms with Crippen LogP contribution in [-0.2, 0) is 15.3 Å². The topological polar surface area (TPSA) is 109 Å². The number of benzene rings is 2. The Morgan fingerprint density at radius 2 is 1.75 bits per heavy atom. The van der Waals surface area contributed by atoms with Crippen LogP contribution in [0.2, 0.25) is 0 Å². The monoisotopic (exact) mass is 470 g/mol. The number of rotatable bonds is 9. The summed E-state index contributed by atoms with van der Waals surface area (Å²) in [5, 5.41) is 10.6. The molecule has 2 aromatic carbocycles. The lowest BCUT2D eigenvalue weighted by molar-refractivity contribution is -0.114. The molecule has 166 valence electrons. The van der Waals surface area contributed by atoms with Gasteiger partial charge in [0, 0.05) is 35.0 Å². The summed E-state index contributed by atoms with van der Waals surface area (Å²) in [4.78, 5) is 39.9. The van der Waals surface area contributed by atoms with E-state index in [-0.39, 0.29) is 23.5 Å². The van der Waals surface area contributed by atoms with Crippen molar-refractivity contribution in [2.24, 2.45) is 0 Å². The number of thiazole rings is 1. The minimum absolute atomic E-state index is 0.135. The van der Waals surface area contributed by atoms with Crippen LogP contribution < -0.4 is 20.7 Å². The first-order valence-corrected chi connectivity index (χ1v) is 11.6. The van der Waals surface area contributed by atoms with Crippen LogP contribution in [0.1, 0.15) is 23.0 Å². The Balaban J connectivity index is 1.43. The molecule has 3 rings (SSSR count). The molecule has 0 aliphatic rings. The Kier molecular flexibility index (Phi) is 8.23. The third kappa shape index (κ3) is 7.10. The minimum atomic E-state index is -0.263. The average molecular weight is 471 g/mol. The van der Waals surface area contributed by atoms with E-state index in [0.717, 1.165) is 5.69 Å². The van der Waals surface area contributed by atoms with E-state index in [1.54, 1.807) is 55.6 Å². The van der Waals surface area contributed by atoms with Crippen molar-refractivity contribution >= 4 is 57.3 Å². The maximum atomic E-state index is 12.4. The van der Waals surface area contributed by atoms with Gasteiger partial charge in [0.05, 0.1) is 18.6 Å². The molecule has 0 aliphatic carbocycles. The lowest BCUT2D eigenvalue weighted by Gasteiger charge is -2.06. The lowest BCUT2D eigenvalue weighted by atomic mass is 10.2. The summed E-state index contributed by atoms with van der Waals surface area (Å²) < 4.78 is 5.14. The van der Waals surface area contributed by atoms with Gasteiger partial charge >= 0.3 is 0 Å². The highest BCUT2D eigenvalue weighted by Crippen LogP contribution is 2.21. The number of methoxy groups -OCH3 is 1. The van der Waals surface area contributed by atoms with Crippen molar-refractivity contribution in [1.29, 1.82) is 0 Å². The lowest BCUT2D eigenvalue weighted by Crippen LogP contribution is -2.14. The summed E-state index contributed by atoms with van der Waals surface area (Å²) >= 11 is 2.76. The Morgan fingerprint density at radius 1 is 1.03 bits per heavy atom. The Hall–Kier alpha value is -3.37. The molecule has 0 atom stereocenters. The van der Waals surface area contributed by atoms with Crippen LogP contribution in [0.25, 0.3) is 0 Å². The second-order valence-electron chi connectivity index (χ2n) is 6.63. The van der Waals surface area contributed by atoms with Crippen LogP contribution in [0, 0.1) is 0 Å². The molecule has 0 radical (unpaired) electrons. The number of carbonyl (C=O) groups is 3. The quantitative estimate of drug-likeness (QED) is 0.432. The standard InChI is InChI=1S/C22H22N4O4S2/c1-14(27)23-16-6-8-17(9-7-16)24-20(28)13-31-11-18-12-32-22(25-18)26-21(29)15-4-3-5-19(10-15)30-2/h3-10,12H,11,13H2,1-2H3,(H,23,27)(H,24,28)(H,25,26,29). The van der Waals surface area contributed by atoms with Crippen molar-refractivity contribution in [3.05, 3.63) is 65.2 Å². The van der Waals surface area contributed by atoms with E-state index in [0.29, 0.717) is 33.6 Å². The Morgan fingerprint density at radius 3 is 2.44 bits per heavy atom. The molecule has 1 heterocycles. The van der Waals surface area contributed by atoms with E-state index in [4.69, 9.17) is 4.74 Å². The molecular formula is C22H22N4O4S2. The van der Waals surface area contributed by atoms with Gasteiger partial charge in [0.25, 0.3) is 5.91 Å². The van der Waals surface area contributed by atoms with Crippen LogP contribution >= 0.6 is 23.1 Å². The zero-order valence-corrected chi connectivity index (χ0v) is 19.1. The van der Waals surface area contributed by atoms with Crippen LogP contribution in [0.15, 0.2) is 53.9 Å². The molecule has 0 fully saturated rings. The van der Waals surface area contributed by atoms with E-state index in [2.05, 4.69) is 20.9 Å². The summed E-state index contributed by atoms with van der Waals surface area (Å²) in [5.41, 5.74) is 2.59. The normalized spacial score (nSPS) is 10.3. The van der Waals surface area contributed by atoms with Gasteiger partial charge in [0.2, 0.25) is 11.8 Å². The van der Waals surface area contributed by atoms with Crippen molar-refractivity contribution in [3.8, 4) is 5.75 Å². The number of hydrogen-bond donors (Lipinski definition) is 3. The number of anilines is 3. The SMILES string of the molecule is COc1cccc(C(=O)Nc2nc(CSCC(=O)Nc3ccc(NC(C)=O)cc3)cs2)c1. The van der Waals surface area contributed by atoms with Crippen molar-refractivity contribution in [1.82, 2.24) is 4.98 Å². The van der Waals surface area contributed by atoms with Gasteiger partial charge in [-0.3, -0.25) is 19.7 Å². The second kappa shape index (κ2) is 11.3. The van der Waals surface area contributed by atoms with E-state index in [1.807, 2.05) is 5.38 Å². The van der Waals surface area contributed by atoms with Gasteiger partial charge in [-0.15, -0.1) is 23.1 Å². The van der Waals surface area contributed by atoms with Crippen LogP contribution in [0.4, 0.5) is 16.5 Å². The van der Waals surface area contributed by atoms with E-state index in [9.17, 15) is 14.4 Å². The average Bonchev–Trinajstić information content (AvgIpc) is 3.22. The van der Waals surface area contributed by atoms with Gasteiger partial charge in [-0.05, 0) is 42.5 Å². The number of amides is 3. The number of nitrogens with one attached hydrogen (secondary N) is 3. The maximum absolute atomic E-state index is 12.4. The molecule has 0 spiro atoms. The molecule has 3 aromatic rings. The molecule has 0 saturated carbocycles. The summed E-state index contributed by atoms with van der Waals surface area (Å²) in [7, 11) is 1.55. The predicted octanol–water partition coefficient (Wildman–Crippen LogP) is 4.23. The fourth-order valence-electron chi connectivity index (χ4n) is 2.65.